The average molecular weight is 371 g/mol. The number of nitrogens with one attached hydrogen (secondary N) is 1. The van der Waals surface area contributed by atoms with Gasteiger partial charge in [0.2, 0.25) is 5.91 Å². The first kappa shape index (κ1) is 18.8. The van der Waals surface area contributed by atoms with Crippen LogP contribution in [0, 0.1) is 23.2 Å². The van der Waals surface area contributed by atoms with E-state index in [1.54, 1.807) is 7.11 Å². The number of hydrogen-bond donors (Lipinski definition) is 1. The van der Waals surface area contributed by atoms with Gasteiger partial charge in [0.25, 0.3) is 0 Å². The van der Waals surface area contributed by atoms with Gasteiger partial charge < -0.3 is 10.1 Å². The molecule has 4 saturated carbocycles. The van der Waals surface area contributed by atoms with Crippen LogP contribution < -0.4 is 10.1 Å². The minimum atomic E-state index is -0.104. The number of carbonyl (C=O) groups excluding carboxylic acids is 1. The molecule has 1 unspecified atom stereocenters. The molecular weight excluding hydrogens is 336 g/mol. The van der Waals surface area contributed by atoms with Crippen molar-refractivity contribution < 1.29 is 9.53 Å². The van der Waals surface area contributed by atoms with Crippen LogP contribution in [-0.2, 0) is 11.3 Å². The SMILES string of the molecule is COc1ccccc1CNC(=O)C(C)N(C)CC12CC3CC(CC(C3)C1)C2. The van der Waals surface area contributed by atoms with E-state index >= 15 is 0 Å². The van der Waals surface area contributed by atoms with E-state index in [9.17, 15) is 4.79 Å². The summed E-state index contributed by atoms with van der Waals surface area (Å²) in [6, 6.07) is 7.76. The molecule has 1 atom stereocenters. The lowest BCUT2D eigenvalue weighted by Crippen LogP contribution is -2.53. The fourth-order valence-corrected chi connectivity index (χ4v) is 6.53. The van der Waals surface area contributed by atoms with Crippen molar-refractivity contribution in [2.75, 3.05) is 20.7 Å². The maximum absolute atomic E-state index is 12.7. The Bertz CT molecular complexity index is 651. The van der Waals surface area contributed by atoms with Gasteiger partial charge in [-0.15, -0.1) is 0 Å². The van der Waals surface area contributed by atoms with E-state index in [0.717, 1.165) is 35.6 Å². The minimum Gasteiger partial charge on any atom is -0.496 e. The third kappa shape index (κ3) is 3.87. The molecule has 4 heteroatoms. The topological polar surface area (TPSA) is 41.6 Å². The van der Waals surface area contributed by atoms with Crippen LogP contribution in [0.4, 0.5) is 0 Å². The molecule has 0 aromatic heterocycles. The molecule has 0 heterocycles. The summed E-state index contributed by atoms with van der Waals surface area (Å²) < 4.78 is 5.38. The molecule has 1 aromatic carbocycles. The Hall–Kier alpha value is -1.55. The molecule has 0 aliphatic heterocycles. The van der Waals surface area contributed by atoms with Gasteiger partial charge in [-0.1, -0.05) is 18.2 Å². The summed E-state index contributed by atoms with van der Waals surface area (Å²) in [6.45, 7) is 3.62. The normalized spacial score (nSPS) is 32.5. The van der Waals surface area contributed by atoms with Gasteiger partial charge >= 0.3 is 0 Å². The van der Waals surface area contributed by atoms with Gasteiger partial charge in [-0.2, -0.15) is 0 Å². The van der Waals surface area contributed by atoms with Crippen molar-refractivity contribution >= 4 is 5.91 Å². The number of para-hydroxylation sites is 1. The van der Waals surface area contributed by atoms with Gasteiger partial charge in [0.05, 0.1) is 13.2 Å². The number of nitrogens with zero attached hydrogens (tertiary/aromatic N) is 1. The van der Waals surface area contributed by atoms with Crippen LogP contribution in [0.5, 0.6) is 5.75 Å². The first-order chi connectivity index (χ1) is 13.0. The predicted molar refractivity (Wildman–Crippen MR) is 108 cm³/mol. The van der Waals surface area contributed by atoms with Gasteiger partial charge in [-0.25, -0.2) is 0 Å². The molecule has 1 amide bonds. The number of carbonyl (C=O) groups is 1. The highest BCUT2D eigenvalue weighted by Crippen LogP contribution is 2.60. The molecule has 0 saturated heterocycles. The Labute approximate surface area is 163 Å². The number of hydrogen-bond acceptors (Lipinski definition) is 3. The first-order valence-corrected chi connectivity index (χ1v) is 10.6. The van der Waals surface area contributed by atoms with Gasteiger partial charge in [0.1, 0.15) is 5.75 Å². The number of amides is 1. The number of rotatable bonds is 7. The molecule has 27 heavy (non-hydrogen) atoms. The molecule has 1 N–H and O–H groups in total. The summed E-state index contributed by atoms with van der Waals surface area (Å²) in [4.78, 5) is 15.0. The molecule has 4 bridgehead atoms. The van der Waals surface area contributed by atoms with E-state index in [-0.39, 0.29) is 11.9 Å². The molecule has 148 valence electrons. The highest BCUT2D eigenvalue weighted by molar-refractivity contribution is 5.81. The smallest absolute Gasteiger partial charge is 0.237 e. The second-order valence-electron chi connectivity index (χ2n) is 9.54. The largest absolute Gasteiger partial charge is 0.496 e. The van der Waals surface area contributed by atoms with Gasteiger partial charge in [0, 0.05) is 18.7 Å². The summed E-state index contributed by atoms with van der Waals surface area (Å²) in [6.07, 6.45) is 8.57. The van der Waals surface area contributed by atoms with Crippen LogP contribution >= 0.6 is 0 Å². The lowest BCUT2D eigenvalue weighted by atomic mass is 9.49. The molecule has 0 radical (unpaired) electrons. The van der Waals surface area contributed by atoms with Crippen LogP contribution in [-0.4, -0.2) is 37.6 Å². The van der Waals surface area contributed by atoms with Crippen molar-refractivity contribution in [1.29, 1.82) is 0 Å². The van der Waals surface area contributed by atoms with Crippen molar-refractivity contribution in [3.05, 3.63) is 29.8 Å². The second kappa shape index (κ2) is 7.46. The Balaban J connectivity index is 1.33. The third-order valence-electron chi connectivity index (χ3n) is 7.44. The number of likely N-dealkylation sites (N-methyl/N-ethyl adjacent to an activating group) is 1. The molecule has 4 aliphatic rings. The predicted octanol–water partition coefficient (Wildman–Crippen LogP) is 3.85. The second-order valence-corrected chi connectivity index (χ2v) is 9.54. The summed E-state index contributed by atoms with van der Waals surface area (Å²) >= 11 is 0. The van der Waals surface area contributed by atoms with E-state index in [0.29, 0.717) is 12.0 Å². The fraction of sp³-hybridized carbons (Fsp3) is 0.696. The van der Waals surface area contributed by atoms with Gasteiger partial charge in [0.15, 0.2) is 0 Å². The quantitative estimate of drug-likeness (QED) is 0.793. The molecule has 4 aliphatic carbocycles. The molecule has 4 fully saturated rings. The molecule has 4 nitrogen and oxygen atoms in total. The van der Waals surface area contributed by atoms with E-state index in [2.05, 4.69) is 17.3 Å². The highest BCUT2D eigenvalue weighted by Gasteiger charge is 2.51. The summed E-state index contributed by atoms with van der Waals surface area (Å²) in [5.74, 6) is 3.80. The Morgan fingerprint density at radius 1 is 1.19 bits per heavy atom. The summed E-state index contributed by atoms with van der Waals surface area (Å²) in [7, 11) is 3.80. The van der Waals surface area contributed by atoms with Crippen LogP contribution in [0.15, 0.2) is 24.3 Å². The Morgan fingerprint density at radius 2 is 1.78 bits per heavy atom. The van der Waals surface area contributed by atoms with E-state index in [1.165, 1.54) is 38.5 Å². The molecular formula is C23H34N2O2. The fourth-order valence-electron chi connectivity index (χ4n) is 6.53. The van der Waals surface area contributed by atoms with E-state index in [4.69, 9.17) is 4.74 Å². The van der Waals surface area contributed by atoms with E-state index < -0.39 is 0 Å². The van der Waals surface area contributed by atoms with Crippen molar-refractivity contribution in [3.63, 3.8) is 0 Å². The highest BCUT2D eigenvalue weighted by atomic mass is 16.5. The van der Waals surface area contributed by atoms with Crippen LogP contribution in [0.25, 0.3) is 0 Å². The zero-order valence-electron chi connectivity index (χ0n) is 17.0. The maximum Gasteiger partial charge on any atom is 0.237 e. The Morgan fingerprint density at radius 3 is 2.37 bits per heavy atom. The average Bonchev–Trinajstić information content (AvgIpc) is 2.64. The van der Waals surface area contributed by atoms with Crippen molar-refractivity contribution in [3.8, 4) is 5.75 Å². The lowest BCUT2D eigenvalue weighted by Gasteiger charge is -2.58. The first-order valence-electron chi connectivity index (χ1n) is 10.6. The van der Waals surface area contributed by atoms with Gasteiger partial charge in [-0.05, 0) is 81.7 Å². The number of ether oxygens (including phenoxy) is 1. The summed E-state index contributed by atoms with van der Waals surface area (Å²) in [5.41, 5.74) is 1.49. The van der Waals surface area contributed by atoms with E-state index in [1.807, 2.05) is 31.2 Å². The van der Waals surface area contributed by atoms with Crippen LogP contribution in [0.3, 0.4) is 0 Å². The zero-order chi connectivity index (χ0) is 19.0. The maximum atomic E-state index is 12.7. The summed E-state index contributed by atoms with van der Waals surface area (Å²) in [5, 5.41) is 3.10. The van der Waals surface area contributed by atoms with Crippen molar-refractivity contribution in [2.45, 2.75) is 58.0 Å². The van der Waals surface area contributed by atoms with Crippen LogP contribution in [0.2, 0.25) is 0 Å². The van der Waals surface area contributed by atoms with Crippen molar-refractivity contribution in [2.24, 2.45) is 23.2 Å². The molecule has 5 rings (SSSR count). The molecule has 1 aromatic rings. The lowest BCUT2D eigenvalue weighted by molar-refractivity contribution is -0.127. The monoisotopic (exact) mass is 370 g/mol. The Kier molecular flexibility index (Phi) is 5.19. The molecule has 0 spiro atoms. The van der Waals surface area contributed by atoms with Crippen LogP contribution in [0.1, 0.15) is 51.0 Å². The third-order valence-corrected chi connectivity index (χ3v) is 7.44. The van der Waals surface area contributed by atoms with Crippen molar-refractivity contribution in [1.82, 2.24) is 10.2 Å². The zero-order valence-corrected chi connectivity index (χ0v) is 17.0. The number of benzene rings is 1. The minimum absolute atomic E-state index is 0.104. The number of methoxy groups -OCH3 is 1. The standard InChI is InChI=1S/C23H34N2O2/c1-16(22(26)24-14-20-6-4-5-7-21(20)27-3)25(2)15-23-11-17-8-18(12-23)10-19(9-17)13-23/h4-7,16-19H,8-15H2,1-3H3,(H,24,26). The van der Waals surface area contributed by atoms with Gasteiger partial charge in [-0.3, -0.25) is 9.69 Å².